The Morgan fingerprint density at radius 1 is 0.981 bits per heavy atom. The van der Waals surface area contributed by atoms with Gasteiger partial charge in [0, 0.05) is 55.8 Å². The highest BCUT2D eigenvalue weighted by Crippen LogP contribution is 2.36. The molecule has 0 unspecified atom stereocenters. The lowest BCUT2D eigenvalue weighted by molar-refractivity contribution is 0.0767. The van der Waals surface area contributed by atoms with Crippen LogP contribution in [0.3, 0.4) is 0 Å². The van der Waals surface area contributed by atoms with Gasteiger partial charge in [-0.2, -0.15) is 20.3 Å². The second-order valence-electron chi connectivity index (χ2n) is 15.1. The van der Waals surface area contributed by atoms with Gasteiger partial charge in [0.1, 0.15) is 19.0 Å². The predicted octanol–water partition coefficient (Wildman–Crippen LogP) is 4.90. The van der Waals surface area contributed by atoms with Crippen LogP contribution in [0.2, 0.25) is 0 Å². The summed E-state index contributed by atoms with van der Waals surface area (Å²) in [5.41, 5.74) is 6.35. The molecule has 0 radical (unpaired) electrons. The molecule has 4 aromatic rings. The Morgan fingerprint density at radius 2 is 1.83 bits per heavy atom. The number of aryl methyl sites for hydroxylation is 1. The molecule has 3 saturated heterocycles. The van der Waals surface area contributed by atoms with E-state index in [1.165, 1.54) is 37.1 Å². The third-order valence-corrected chi connectivity index (χ3v) is 11.7. The summed E-state index contributed by atoms with van der Waals surface area (Å²) < 4.78 is 12.3. The molecule has 13 nitrogen and oxygen atoms in total. The topological polar surface area (TPSA) is 130 Å². The molecule has 2 aromatic heterocycles. The maximum atomic E-state index is 13.3. The number of nitrogens with zero attached hydrogens (tertiary/aromatic N) is 9. The number of nitrogens with one attached hydrogen (secondary N) is 1. The van der Waals surface area contributed by atoms with Crippen molar-refractivity contribution in [3.05, 3.63) is 71.0 Å². The first kappa shape index (κ1) is 35.1. The summed E-state index contributed by atoms with van der Waals surface area (Å²) in [6.45, 7) is 9.11. The molecule has 0 spiro atoms. The van der Waals surface area contributed by atoms with Crippen molar-refractivity contribution >= 4 is 28.5 Å². The number of benzene rings is 2. The lowest BCUT2D eigenvalue weighted by Gasteiger charge is -2.42. The van der Waals surface area contributed by atoms with Gasteiger partial charge in [0.05, 0.1) is 48.2 Å². The van der Waals surface area contributed by atoms with Gasteiger partial charge in [0.15, 0.2) is 0 Å². The number of aromatic nitrogens is 4. The Labute approximate surface area is 311 Å². The summed E-state index contributed by atoms with van der Waals surface area (Å²) in [5.74, 6) is 0.846. The molecule has 3 fully saturated rings. The van der Waals surface area contributed by atoms with E-state index < -0.39 is 6.09 Å². The summed E-state index contributed by atoms with van der Waals surface area (Å²) >= 11 is 0. The monoisotopic (exact) mass is 718 g/mol. The van der Waals surface area contributed by atoms with Gasteiger partial charge in [-0.1, -0.05) is 36.4 Å². The van der Waals surface area contributed by atoms with Crippen LogP contribution in [0, 0.1) is 18.3 Å². The average molecular weight is 719 g/mol. The Balaban J connectivity index is 1.04. The van der Waals surface area contributed by atoms with Crippen molar-refractivity contribution < 1.29 is 14.3 Å². The number of amides is 1. The van der Waals surface area contributed by atoms with Gasteiger partial charge in [-0.25, -0.2) is 4.79 Å². The maximum absolute atomic E-state index is 13.3. The number of rotatable bonds is 10. The first-order valence-electron chi connectivity index (χ1n) is 19.2. The van der Waals surface area contributed by atoms with Gasteiger partial charge in [0.25, 0.3) is 0 Å². The van der Waals surface area contributed by atoms with Gasteiger partial charge < -0.3 is 29.1 Å². The van der Waals surface area contributed by atoms with Gasteiger partial charge in [-0.15, -0.1) is 0 Å². The Bertz CT molecular complexity index is 1950. The Morgan fingerprint density at radius 3 is 2.66 bits per heavy atom. The van der Waals surface area contributed by atoms with Crippen molar-refractivity contribution in [2.24, 2.45) is 0 Å². The third kappa shape index (κ3) is 7.48. The lowest BCUT2D eigenvalue weighted by Crippen LogP contribution is -2.55. The minimum Gasteiger partial charge on any atom is -0.462 e. The zero-order valence-corrected chi connectivity index (χ0v) is 30.9. The summed E-state index contributed by atoms with van der Waals surface area (Å²) in [7, 11) is 2.24. The van der Waals surface area contributed by atoms with E-state index in [-0.39, 0.29) is 19.1 Å². The summed E-state index contributed by atoms with van der Waals surface area (Å²) in [6.07, 6.45) is 7.27. The van der Waals surface area contributed by atoms with Crippen LogP contribution in [-0.2, 0) is 24.3 Å². The number of hydrogen-bond acceptors (Lipinski definition) is 11. The number of likely N-dealkylation sites (tertiary alicyclic amines) is 2. The summed E-state index contributed by atoms with van der Waals surface area (Å²) in [4.78, 5) is 35.0. The fraction of sp³-hybridized carbons (Fsp3) is 0.525. The van der Waals surface area contributed by atoms with Crippen LogP contribution >= 0.6 is 0 Å². The number of aromatic amines is 1. The van der Waals surface area contributed by atoms with E-state index in [2.05, 4.69) is 62.0 Å². The Kier molecular flexibility index (Phi) is 10.3. The van der Waals surface area contributed by atoms with Crippen LogP contribution in [0.1, 0.15) is 54.5 Å². The molecule has 8 rings (SSSR count). The number of carbonyl (C=O) groups is 1. The first-order chi connectivity index (χ1) is 25.9. The number of hydrogen-bond donors (Lipinski definition) is 1. The molecule has 53 heavy (non-hydrogen) atoms. The highest BCUT2D eigenvalue weighted by molar-refractivity contribution is 5.93. The zero-order chi connectivity index (χ0) is 36.3. The molecule has 4 aliphatic heterocycles. The van der Waals surface area contributed by atoms with Crippen LogP contribution in [0.5, 0.6) is 6.01 Å². The molecular formula is C40H50N10O3. The normalized spacial score (nSPS) is 22.3. The van der Waals surface area contributed by atoms with Crippen LogP contribution in [0.15, 0.2) is 48.7 Å². The van der Waals surface area contributed by atoms with Crippen molar-refractivity contribution in [3.8, 4) is 12.1 Å². The van der Waals surface area contributed by atoms with E-state index in [9.17, 15) is 10.1 Å². The smallest absolute Gasteiger partial charge is 0.410 e. The average Bonchev–Trinajstić information content (AvgIpc) is 3.95. The number of anilines is 2. The zero-order valence-electron chi connectivity index (χ0n) is 30.9. The number of H-pyrrole nitrogens is 1. The molecule has 3 atom stereocenters. The minimum absolute atomic E-state index is 0.192. The van der Waals surface area contributed by atoms with Crippen LogP contribution in [0.4, 0.5) is 16.3 Å². The highest BCUT2D eigenvalue weighted by atomic mass is 16.6. The fourth-order valence-corrected chi connectivity index (χ4v) is 8.78. The molecule has 278 valence electrons. The van der Waals surface area contributed by atoms with Crippen molar-refractivity contribution in [3.63, 3.8) is 0 Å². The van der Waals surface area contributed by atoms with Gasteiger partial charge in [-0.3, -0.25) is 10.00 Å². The van der Waals surface area contributed by atoms with E-state index in [0.717, 1.165) is 66.0 Å². The number of piperazine rings is 1. The third-order valence-electron chi connectivity index (χ3n) is 11.7. The number of carbonyl (C=O) groups excluding carboxylic acids is 1. The van der Waals surface area contributed by atoms with E-state index in [1.54, 1.807) is 4.90 Å². The minimum atomic E-state index is -0.396. The molecule has 0 bridgehead atoms. The number of likely N-dealkylation sites (N-methyl/N-ethyl adjacent to an activating group) is 1. The van der Waals surface area contributed by atoms with Gasteiger partial charge in [-0.05, 0) is 76.4 Å². The van der Waals surface area contributed by atoms with Crippen LogP contribution in [-0.4, -0.2) is 119 Å². The fourth-order valence-electron chi connectivity index (χ4n) is 8.78. The molecule has 2 aromatic carbocycles. The molecule has 4 aliphatic rings. The molecule has 1 N–H and O–H groups in total. The van der Waals surface area contributed by atoms with E-state index in [4.69, 9.17) is 19.4 Å². The van der Waals surface area contributed by atoms with Crippen molar-refractivity contribution in [2.75, 3.05) is 69.3 Å². The predicted molar refractivity (Wildman–Crippen MR) is 203 cm³/mol. The quantitative estimate of drug-likeness (QED) is 0.240. The van der Waals surface area contributed by atoms with Crippen molar-refractivity contribution in [2.45, 2.75) is 76.7 Å². The maximum Gasteiger partial charge on any atom is 0.410 e. The molecule has 6 heterocycles. The van der Waals surface area contributed by atoms with Crippen LogP contribution in [0.25, 0.3) is 10.9 Å². The molecular weight excluding hydrogens is 669 g/mol. The van der Waals surface area contributed by atoms with E-state index in [1.807, 2.05) is 36.5 Å². The Hall–Kier alpha value is -4.93. The van der Waals surface area contributed by atoms with Gasteiger partial charge >= 0.3 is 12.1 Å². The largest absolute Gasteiger partial charge is 0.462 e. The summed E-state index contributed by atoms with van der Waals surface area (Å²) in [5, 5.41) is 18.4. The molecule has 0 saturated carbocycles. The number of ether oxygens (including phenoxy) is 2. The SMILES string of the molecule is Cc1ccc2[nH]ncc2c1N1CCc2c(nc(OC[C@@H]3CCCN3C[C@@H]3CCCN3C)nc2N2CCN(C(=O)OCc3ccccc3)[C@@H](CC#N)C2)C1. The number of nitriles is 1. The van der Waals surface area contributed by atoms with Crippen LogP contribution < -0.4 is 14.5 Å². The standard InChI is InChI=1S/C40H50N10O3/c1-28-12-13-35-34(22-42-45-35)37(28)48-19-15-33-36(25-48)43-39(52-27-32-11-7-18-47(32)23-30-10-6-17-46(30)2)44-38(33)49-20-21-50(31(24-49)14-16-41)40(51)53-26-29-8-4-3-5-9-29/h3-5,8-9,12-13,22,30-32H,6-7,10-11,14-15,17-21,23-27H2,1-2H3,(H,42,45)/t30-,31-,32-/m0/s1. The second kappa shape index (κ2) is 15.6. The lowest BCUT2D eigenvalue weighted by atomic mass is 10.0. The molecule has 13 heteroatoms. The molecule has 0 aliphatic carbocycles. The van der Waals surface area contributed by atoms with E-state index in [0.29, 0.717) is 50.9 Å². The summed E-state index contributed by atoms with van der Waals surface area (Å²) in [6, 6.07) is 17.2. The second-order valence-corrected chi connectivity index (χ2v) is 15.1. The first-order valence-corrected chi connectivity index (χ1v) is 19.2. The van der Waals surface area contributed by atoms with E-state index >= 15 is 0 Å². The highest BCUT2D eigenvalue weighted by Gasteiger charge is 2.36. The van der Waals surface area contributed by atoms with Crippen molar-refractivity contribution in [1.29, 1.82) is 5.26 Å². The van der Waals surface area contributed by atoms with Crippen molar-refractivity contribution in [1.82, 2.24) is 34.9 Å². The molecule has 1 amide bonds. The van der Waals surface area contributed by atoms with Gasteiger partial charge in [0.2, 0.25) is 0 Å². The number of fused-ring (bicyclic) bond motifs is 2.